The van der Waals surface area contributed by atoms with Crippen LogP contribution in [0.2, 0.25) is 5.15 Å². The molecule has 2 aliphatic heterocycles. The van der Waals surface area contributed by atoms with E-state index in [1.54, 1.807) is 0 Å². The molecule has 28 heavy (non-hydrogen) atoms. The van der Waals surface area contributed by atoms with Gasteiger partial charge in [0, 0.05) is 13.0 Å². The summed E-state index contributed by atoms with van der Waals surface area (Å²) in [6.45, 7) is -1.20. The third kappa shape index (κ3) is 2.88. The number of nitrogens with zero attached hydrogens (tertiary/aromatic N) is 5. The molecule has 4 heterocycles. The summed E-state index contributed by atoms with van der Waals surface area (Å²) in [7, 11) is 0. The van der Waals surface area contributed by atoms with Crippen LogP contribution in [0.1, 0.15) is 18.2 Å². The van der Waals surface area contributed by atoms with Crippen LogP contribution in [0, 0.1) is 11.3 Å². The first-order valence-corrected chi connectivity index (χ1v) is 8.83. The highest BCUT2D eigenvalue weighted by molar-refractivity contribution is 6.31. The first kappa shape index (κ1) is 19.2. The molecule has 4 atom stereocenters. The van der Waals surface area contributed by atoms with Crippen molar-refractivity contribution >= 4 is 28.3 Å². The summed E-state index contributed by atoms with van der Waals surface area (Å²) in [4.78, 5) is 5.40. The minimum absolute atomic E-state index is 0.000727. The number of anilines is 1. The van der Waals surface area contributed by atoms with Crippen LogP contribution in [0.15, 0.2) is 6.20 Å². The highest BCUT2D eigenvalue weighted by Gasteiger charge is 2.46. The Morgan fingerprint density at radius 2 is 2.21 bits per heavy atom. The summed E-state index contributed by atoms with van der Waals surface area (Å²) in [5.41, 5.74) is 0.0880. The largest absolute Gasteiger partial charge is 0.394 e. The predicted molar refractivity (Wildman–Crippen MR) is 90.9 cm³/mol. The van der Waals surface area contributed by atoms with Crippen LogP contribution in [-0.4, -0.2) is 69.0 Å². The van der Waals surface area contributed by atoms with Gasteiger partial charge in [0.15, 0.2) is 23.2 Å². The number of hydrogen-bond acceptors (Lipinski definition) is 7. The summed E-state index contributed by atoms with van der Waals surface area (Å²) in [6.07, 6.45) is -5.13. The van der Waals surface area contributed by atoms with E-state index in [9.17, 15) is 28.6 Å². The highest BCUT2D eigenvalue weighted by Crippen LogP contribution is 2.40. The standard InChI is InChI=1S/C16H15ClF3N5O3/c17-13-7(3-21)11(24-2-1-16(19,20)6-24)8-4-22-25(14(8)23-13)15-10(18)12(27)9(5-26)28-15/h4,9-10,12,15,26-27H,1-2,5-6H2/t9-,10+,12-,15-/m1/s1. The molecule has 2 aromatic rings. The molecule has 2 fully saturated rings. The van der Waals surface area contributed by atoms with E-state index in [0.29, 0.717) is 0 Å². The van der Waals surface area contributed by atoms with Gasteiger partial charge in [0.25, 0.3) is 5.92 Å². The first-order valence-electron chi connectivity index (χ1n) is 8.45. The Labute approximate surface area is 161 Å². The van der Waals surface area contributed by atoms with Gasteiger partial charge in [0.2, 0.25) is 0 Å². The molecular formula is C16H15ClF3N5O3. The minimum atomic E-state index is -2.91. The third-order valence-electron chi connectivity index (χ3n) is 4.98. The number of ether oxygens (including phenoxy) is 1. The van der Waals surface area contributed by atoms with Crippen molar-refractivity contribution in [1.82, 2.24) is 14.8 Å². The van der Waals surface area contributed by atoms with E-state index in [4.69, 9.17) is 16.3 Å². The van der Waals surface area contributed by atoms with Crippen molar-refractivity contribution in [2.75, 3.05) is 24.6 Å². The normalized spacial score (nSPS) is 29.5. The molecule has 150 valence electrons. The number of pyridine rings is 1. The number of halogens is 4. The second-order valence-electron chi connectivity index (χ2n) is 6.77. The second kappa shape index (κ2) is 6.73. The van der Waals surface area contributed by atoms with E-state index in [-0.39, 0.29) is 40.4 Å². The van der Waals surface area contributed by atoms with Crippen LogP contribution in [0.25, 0.3) is 11.0 Å². The van der Waals surface area contributed by atoms with Crippen molar-refractivity contribution in [3.63, 3.8) is 0 Å². The van der Waals surface area contributed by atoms with Crippen LogP contribution >= 0.6 is 11.6 Å². The summed E-state index contributed by atoms with van der Waals surface area (Å²) >= 11 is 6.10. The second-order valence-corrected chi connectivity index (χ2v) is 7.13. The van der Waals surface area contributed by atoms with Crippen molar-refractivity contribution in [2.45, 2.75) is 37.0 Å². The average Bonchev–Trinajstić information content (AvgIpc) is 3.30. The van der Waals surface area contributed by atoms with Gasteiger partial charge in [-0.05, 0) is 0 Å². The summed E-state index contributed by atoms with van der Waals surface area (Å²) < 4.78 is 48.3. The molecule has 0 aliphatic carbocycles. The van der Waals surface area contributed by atoms with E-state index < -0.39 is 43.7 Å². The van der Waals surface area contributed by atoms with E-state index in [1.807, 2.05) is 6.07 Å². The summed E-state index contributed by atoms with van der Waals surface area (Å²) in [6, 6.07) is 1.87. The van der Waals surface area contributed by atoms with Crippen molar-refractivity contribution < 1.29 is 28.1 Å². The molecule has 0 aromatic carbocycles. The quantitative estimate of drug-likeness (QED) is 0.726. The lowest BCUT2D eigenvalue weighted by Crippen LogP contribution is -2.30. The molecule has 0 spiro atoms. The van der Waals surface area contributed by atoms with Gasteiger partial charge in [-0.2, -0.15) is 10.4 Å². The maximum Gasteiger partial charge on any atom is 0.266 e. The number of aliphatic hydroxyl groups is 2. The number of hydrogen-bond donors (Lipinski definition) is 2. The molecule has 0 unspecified atom stereocenters. The fraction of sp³-hybridized carbons (Fsp3) is 0.562. The molecule has 4 rings (SSSR count). The van der Waals surface area contributed by atoms with Gasteiger partial charge in [-0.3, -0.25) is 0 Å². The maximum absolute atomic E-state index is 14.5. The van der Waals surface area contributed by atoms with Gasteiger partial charge >= 0.3 is 0 Å². The van der Waals surface area contributed by atoms with Gasteiger partial charge in [-0.15, -0.1) is 0 Å². The zero-order valence-electron chi connectivity index (χ0n) is 14.3. The Hall–Kier alpha value is -2.13. The van der Waals surface area contributed by atoms with Crippen LogP contribution < -0.4 is 4.90 Å². The molecule has 8 nitrogen and oxygen atoms in total. The lowest BCUT2D eigenvalue weighted by atomic mass is 10.1. The molecule has 0 amide bonds. The Morgan fingerprint density at radius 3 is 2.79 bits per heavy atom. The SMILES string of the molecule is N#Cc1c(Cl)nc2c(cnn2[C@@H]2O[C@H](CO)[C@@H](O)[C@@H]2F)c1N1CCC(F)(F)C1. The Morgan fingerprint density at radius 1 is 1.46 bits per heavy atom. The van der Waals surface area contributed by atoms with Crippen LogP contribution in [0.3, 0.4) is 0 Å². The van der Waals surface area contributed by atoms with Gasteiger partial charge < -0.3 is 19.8 Å². The topological polar surface area (TPSA) is 107 Å². The fourth-order valence-corrected chi connectivity index (χ4v) is 3.82. The number of rotatable bonds is 3. The molecule has 0 radical (unpaired) electrons. The van der Waals surface area contributed by atoms with E-state index in [1.165, 1.54) is 11.1 Å². The Kier molecular flexibility index (Phi) is 4.62. The number of aromatic nitrogens is 3. The lowest BCUT2D eigenvalue weighted by Gasteiger charge is -2.21. The Balaban J connectivity index is 1.84. The molecule has 0 saturated carbocycles. The molecule has 2 aliphatic rings. The lowest BCUT2D eigenvalue weighted by molar-refractivity contribution is -0.0505. The summed E-state index contributed by atoms with van der Waals surface area (Å²) in [5, 5.41) is 32.5. The van der Waals surface area contributed by atoms with Gasteiger partial charge in [0.05, 0.1) is 30.4 Å². The highest BCUT2D eigenvalue weighted by atomic mass is 35.5. The Bertz CT molecular complexity index is 965. The van der Waals surface area contributed by atoms with Gasteiger partial charge in [0.1, 0.15) is 23.8 Å². The van der Waals surface area contributed by atoms with Crippen molar-refractivity contribution in [1.29, 1.82) is 5.26 Å². The fourth-order valence-electron chi connectivity index (χ4n) is 3.61. The number of alkyl halides is 3. The monoisotopic (exact) mass is 417 g/mol. The van der Waals surface area contributed by atoms with E-state index in [2.05, 4.69) is 10.1 Å². The maximum atomic E-state index is 14.5. The molecule has 2 saturated heterocycles. The van der Waals surface area contributed by atoms with Crippen LogP contribution in [0.5, 0.6) is 0 Å². The van der Waals surface area contributed by atoms with Crippen molar-refractivity contribution in [3.05, 3.63) is 16.9 Å². The zero-order chi connectivity index (χ0) is 20.2. The third-order valence-corrected chi connectivity index (χ3v) is 5.26. The average molecular weight is 418 g/mol. The first-order chi connectivity index (χ1) is 13.3. The van der Waals surface area contributed by atoms with E-state index >= 15 is 0 Å². The number of nitriles is 1. The van der Waals surface area contributed by atoms with Crippen molar-refractivity contribution in [3.8, 4) is 6.07 Å². The minimum Gasteiger partial charge on any atom is -0.394 e. The molecular weight excluding hydrogens is 403 g/mol. The van der Waals surface area contributed by atoms with Crippen LogP contribution in [0.4, 0.5) is 18.9 Å². The smallest absolute Gasteiger partial charge is 0.266 e. The van der Waals surface area contributed by atoms with E-state index in [0.717, 1.165) is 4.68 Å². The molecule has 0 bridgehead atoms. The zero-order valence-corrected chi connectivity index (χ0v) is 15.0. The summed E-state index contributed by atoms with van der Waals surface area (Å²) in [5.74, 6) is -2.91. The molecule has 2 N–H and O–H groups in total. The molecule has 2 aromatic heterocycles. The number of aliphatic hydroxyl groups excluding tert-OH is 2. The van der Waals surface area contributed by atoms with Gasteiger partial charge in [-0.25, -0.2) is 22.8 Å². The van der Waals surface area contributed by atoms with Crippen molar-refractivity contribution in [2.24, 2.45) is 0 Å². The predicted octanol–water partition coefficient (Wildman–Crippen LogP) is 1.39. The van der Waals surface area contributed by atoms with Crippen LogP contribution in [-0.2, 0) is 4.74 Å². The van der Waals surface area contributed by atoms with Gasteiger partial charge in [-0.1, -0.05) is 11.6 Å². The number of fused-ring (bicyclic) bond motifs is 1. The molecule has 12 heteroatoms.